The van der Waals surface area contributed by atoms with Crippen molar-refractivity contribution in [3.05, 3.63) is 83.9 Å². The Labute approximate surface area is 161 Å². The van der Waals surface area contributed by atoms with Crippen LogP contribution in [0.4, 0.5) is 0 Å². The van der Waals surface area contributed by atoms with Gasteiger partial charge in [0, 0.05) is 5.56 Å². The van der Waals surface area contributed by atoms with Crippen LogP contribution >= 0.6 is 0 Å². The predicted octanol–water partition coefficient (Wildman–Crippen LogP) is 3.16. The largest absolute Gasteiger partial charge is 0.480 e. The molecule has 0 aliphatic rings. The van der Waals surface area contributed by atoms with E-state index < -0.39 is 30.3 Å². The second-order valence-corrected chi connectivity index (χ2v) is 6.24. The summed E-state index contributed by atoms with van der Waals surface area (Å²) >= 11 is 0. The van der Waals surface area contributed by atoms with Gasteiger partial charge in [-0.15, -0.1) is 0 Å². The maximum absolute atomic E-state index is 12.6. The molecule has 0 aromatic heterocycles. The van der Waals surface area contributed by atoms with Crippen LogP contribution in [0.2, 0.25) is 0 Å². The molecule has 6 nitrogen and oxygen atoms in total. The Kier molecular flexibility index (Phi) is 6.01. The summed E-state index contributed by atoms with van der Waals surface area (Å²) in [5.74, 6) is -2.56. The van der Waals surface area contributed by atoms with E-state index in [1.165, 1.54) is 0 Å². The zero-order valence-corrected chi connectivity index (χ0v) is 15.0. The quantitative estimate of drug-likeness (QED) is 0.617. The Balaban J connectivity index is 1.66. The molecular formula is C22H19NO5. The van der Waals surface area contributed by atoms with E-state index in [9.17, 15) is 19.5 Å². The molecule has 0 aliphatic heterocycles. The van der Waals surface area contributed by atoms with Crippen LogP contribution in [0, 0.1) is 0 Å². The molecule has 6 heteroatoms. The molecule has 3 aromatic rings. The monoisotopic (exact) mass is 377 g/mol. The average Bonchev–Trinajstić information content (AvgIpc) is 2.72. The van der Waals surface area contributed by atoms with Gasteiger partial charge in [0.2, 0.25) is 0 Å². The van der Waals surface area contributed by atoms with E-state index in [4.69, 9.17) is 4.74 Å². The zero-order valence-electron chi connectivity index (χ0n) is 15.0. The van der Waals surface area contributed by atoms with Gasteiger partial charge in [-0.25, -0.2) is 4.79 Å². The molecule has 0 saturated carbocycles. The minimum Gasteiger partial charge on any atom is -0.480 e. The summed E-state index contributed by atoms with van der Waals surface area (Å²) in [5.41, 5.74) is 1.14. The molecule has 0 unspecified atom stereocenters. The van der Waals surface area contributed by atoms with Crippen LogP contribution < -0.4 is 5.32 Å². The highest BCUT2D eigenvalue weighted by Crippen LogP contribution is 2.18. The number of carboxylic acids is 1. The molecule has 3 rings (SSSR count). The van der Waals surface area contributed by atoms with Gasteiger partial charge in [0.15, 0.2) is 0 Å². The fourth-order valence-electron chi connectivity index (χ4n) is 2.82. The fraction of sp³-hybridized carbons (Fsp3) is 0.136. The van der Waals surface area contributed by atoms with E-state index in [0.717, 1.165) is 10.9 Å². The summed E-state index contributed by atoms with van der Waals surface area (Å²) in [5, 5.41) is 13.4. The molecule has 0 bridgehead atoms. The molecule has 0 fully saturated rings. The number of hydrogen-bond donors (Lipinski definition) is 2. The molecule has 2 N–H and O–H groups in total. The van der Waals surface area contributed by atoms with Crippen molar-refractivity contribution >= 4 is 28.6 Å². The summed E-state index contributed by atoms with van der Waals surface area (Å²) in [6.45, 7) is 0.0449. The van der Waals surface area contributed by atoms with Crippen LogP contribution in [-0.2, 0) is 20.9 Å². The van der Waals surface area contributed by atoms with Crippen molar-refractivity contribution in [2.45, 2.75) is 19.1 Å². The Hall–Kier alpha value is -3.67. The number of carbonyl (C=O) groups excluding carboxylic acids is 2. The van der Waals surface area contributed by atoms with Crippen LogP contribution in [0.5, 0.6) is 0 Å². The Morgan fingerprint density at radius 2 is 1.57 bits per heavy atom. The third-order valence-electron chi connectivity index (χ3n) is 4.25. The number of fused-ring (bicyclic) bond motifs is 1. The summed E-state index contributed by atoms with van der Waals surface area (Å²) in [4.78, 5) is 36.1. The Bertz CT molecular complexity index is 995. The normalized spacial score (nSPS) is 11.6. The summed E-state index contributed by atoms with van der Waals surface area (Å²) in [6.07, 6.45) is -0.460. The zero-order chi connectivity index (χ0) is 19.9. The number of hydrogen-bond acceptors (Lipinski definition) is 4. The van der Waals surface area contributed by atoms with Crippen LogP contribution in [0.25, 0.3) is 10.8 Å². The van der Waals surface area contributed by atoms with E-state index in [-0.39, 0.29) is 6.61 Å². The van der Waals surface area contributed by atoms with Crippen LogP contribution in [0.1, 0.15) is 22.3 Å². The molecule has 28 heavy (non-hydrogen) atoms. The number of carboxylic acid groups (broad SMARTS) is 1. The van der Waals surface area contributed by atoms with Gasteiger partial charge in [-0.2, -0.15) is 0 Å². The summed E-state index contributed by atoms with van der Waals surface area (Å²) in [6, 6.07) is 20.2. The lowest BCUT2D eigenvalue weighted by atomic mass is 10.0. The molecular weight excluding hydrogens is 358 g/mol. The van der Waals surface area contributed by atoms with E-state index in [1.54, 1.807) is 36.4 Å². The minimum atomic E-state index is -1.38. The smallest absolute Gasteiger partial charge is 0.326 e. The molecule has 1 amide bonds. The second kappa shape index (κ2) is 8.81. The number of amides is 1. The van der Waals surface area contributed by atoms with Crippen molar-refractivity contribution in [1.82, 2.24) is 5.32 Å². The van der Waals surface area contributed by atoms with Gasteiger partial charge in [0.05, 0.1) is 6.42 Å². The van der Waals surface area contributed by atoms with Crippen LogP contribution in [0.15, 0.2) is 72.8 Å². The highest BCUT2D eigenvalue weighted by Gasteiger charge is 2.25. The molecule has 1 atom stereocenters. The average molecular weight is 377 g/mol. The van der Waals surface area contributed by atoms with Crippen molar-refractivity contribution in [1.29, 1.82) is 0 Å². The van der Waals surface area contributed by atoms with Crippen LogP contribution in [-0.4, -0.2) is 29.0 Å². The number of nitrogens with one attached hydrogen (secondary N) is 1. The SMILES string of the molecule is O=C(C[C@H](NC(=O)c1cccc2ccccc12)C(=O)O)OCc1ccccc1. The third kappa shape index (κ3) is 4.73. The van der Waals surface area contributed by atoms with Crippen molar-refractivity contribution in [2.75, 3.05) is 0 Å². The molecule has 142 valence electrons. The molecule has 0 spiro atoms. The number of aliphatic carboxylic acids is 1. The van der Waals surface area contributed by atoms with Gasteiger partial charge in [0.1, 0.15) is 12.6 Å². The second-order valence-electron chi connectivity index (χ2n) is 6.24. The molecule has 0 saturated heterocycles. The molecule has 3 aromatic carbocycles. The number of rotatable bonds is 7. The van der Waals surface area contributed by atoms with Crippen molar-refractivity contribution < 1.29 is 24.2 Å². The topological polar surface area (TPSA) is 92.7 Å². The number of esters is 1. The van der Waals surface area contributed by atoms with Crippen molar-refractivity contribution in [3.8, 4) is 0 Å². The van der Waals surface area contributed by atoms with E-state index in [0.29, 0.717) is 10.9 Å². The van der Waals surface area contributed by atoms with Crippen molar-refractivity contribution in [3.63, 3.8) is 0 Å². The molecule has 0 radical (unpaired) electrons. The highest BCUT2D eigenvalue weighted by molar-refractivity contribution is 6.08. The van der Waals surface area contributed by atoms with Gasteiger partial charge in [-0.05, 0) is 22.4 Å². The lowest BCUT2D eigenvalue weighted by Gasteiger charge is -2.15. The minimum absolute atomic E-state index is 0.0449. The lowest BCUT2D eigenvalue weighted by Crippen LogP contribution is -2.42. The van der Waals surface area contributed by atoms with E-state index in [1.807, 2.05) is 36.4 Å². The van der Waals surface area contributed by atoms with E-state index >= 15 is 0 Å². The number of carbonyl (C=O) groups is 3. The maximum atomic E-state index is 12.6. The first-order valence-corrected chi connectivity index (χ1v) is 8.75. The highest BCUT2D eigenvalue weighted by atomic mass is 16.5. The maximum Gasteiger partial charge on any atom is 0.326 e. The third-order valence-corrected chi connectivity index (χ3v) is 4.25. The predicted molar refractivity (Wildman–Crippen MR) is 104 cm³/mol. The number of ether oxygens (including phenoxy) is 1. The first kappa shape index (κ1) is 19.1. The summed E-state index contributed by atoms with van der Waals surface area (Å²) in [7, 11) is 0. The molecule has 0 aliphatic carbocycles. The fourth-order valence-corrected chi connectivity index (χ4v) is 2.82. The molecule has 0 heterocycles. The Morgan fingerprint density at radius 1 is 0.893 bits per heavy atom. The summed E-state index contributed by atoms with van der Waals surface area (Å²) < 4.78 is 5.11. The van der Waals surface area contributed by atoms with Gasteiger partial charge in [-0.3, -0.25) is 9.59 Å². The number of benzene rings is 3. The Morgan fingerprint density at radius 3 is 2.32 bits per heavy atom. The van der Waals surface area contributed by atoms with Gasteiger partial charge in [-0.1, -0.05) is 66.7 Å². The van der Waals surface area contributed by atoms with Gasteiger partial charge < -0.3 is 15.2 Å². The first-order valence-electron chi connectivity index (χ1n) is 8.75. The van der Waals surface area contributed by atoms with Gasteiger partial charge >= 0.3 is 11.9 Å². The van der Waals surface area contributed by atoms with Crippen molar-refractivity contribution in [2.24, 2.45) is 0 Å². The standard InChI is InChI=1S/C22H19NO5/c24-20(28-14-15-7-2-1-3-8-15)13-19(22(26)27)23-21(25)18-12-6-10-16-9-4-5-11-17(16)18/h1-12,19H,13-14H2,(H,23,25)(H,26,27)/t19-/m0/s1. The first-order chi connectivity index (χ1) is 13.5. The van der Waals surface area contributed by atoms with E-state index in [2.05, 4.69) is 5.32 Å². The van der Waals surface area contributed by atoms with Gasteiger partial charge in [0.25, 0.3) is 5.91 Å². The van der Waals surface area contributed by atoms with Crippen LogP contribution in [0.3, 0.4) is 0 Å². The lowest BCUT2D eigenvalue weighted by molar-refractivity contribution is -0.150.